The number of carbonyl (C=O) groups is 1. The van der Waals surface area contributed by atoms with Crippen molar-refractivity contribution >= 4 is 28.5 Å². The molecule has 0 saturated carbocycles. The molecule has 5 heteroatoms. The highest BCUT2D eigenvalue weighted by molar-refractivity contribution is 14.1. The minimum atomic E-state index is -0.307. The van der Waals surface area contributed by atoms with Gasteiger partial charge in [0, 0.05) is 23.2 Å². The van der Waals surface area contributed by atoms with Gasteiger partial charge in [0.25, 0.3) is 5.91 Å². The van der Waals surface area contributed by atoms with Crippen LogP contribution in [-0.2, 0) is 0 Å². The summed E-state index contributed by atoms with van der Waals surface area (Å²) in [6.45, 7) is 1.85. The maximum atomic E-state index is 13.0. The highest BCUT2D eigenvalue weighted by atomic mass is 127. The Kier molecular flexibility index (Phi) is 4.55. The van der Waals surface area contributed by atoms with Gasteiger partial charge in [0.1, 0.15) is 5.82 Å². The first kappa shape index (κ1) is 13.7. The van der Waals surface area contributed by atoms with Crippen LogP contribution in [0.2, 0.25) is 0 Å². The van der Waals surface area contributed by atoms with E-state index >= 15 is 0 Å². The minimum Gasteiger partial charge on any atom is -0.337 e. The molecule has 0 bridgehead atoms. The summed E-state index contributed by atoms with van der Waals surface area (Å²) in [7, 11) is 1.82. The van der Waals surface area contributed by atoms with Crippen molar-refractivity contribution in [1.29, 1.82) is 0 Å². The summed E-state index contributed by atoms with van der Waals surface area (Å²) in [6, 6.07) is 4.52. The Balaban J connectivity index is 2.14. The van der Waals surface area contributed by atoms with Crippen molar-refractivity contribution in [3.8, 4) is 0 Å². The largest absolute Gasteiger partial charge is 0.337 e. The van der Waals surface area contributed by atoms with Crippen molar-refractivity contribution in [3.05, 3.63) is 33.1 Å². The zero-order chi connectivity index (χ0) is 13.1. The van der Waals surface area contributed by atoms with Crippen LogP contribution >= 0.6 is 22.6 Å². The second kappa shape index (κ2) is 5.97. The third-order valence-electron chi connectivity index (χ3n) is 3.30. The number of amides is 1. The highest BCUT2D eigenvalue weighted by Crippen LogP contribution is 2.18. The topological polar surface area (TPSA) is 32.3 Å². The number of halogens is 2. The van der Waals surface area contributed by atoms with Crippen molar-refractivity contribution in [1.82, 2.24) is 10.2 Å². The molecule has 0 radical (unpaired) electrons. The molecular formula is C13H16FIN2O. The van der Waals surface area contributed by atoms with Gasteiger partial charge in [-0.15, -0.1) is 0 Å². The van der Waals surface area contributed by atoms with E-state index in [1.54, 1.807) is 11.0 Å². The van der Waals surface area contributed by atoms with Gasteiger partial charge in [0.15, 0.2) is 0 Å². The van der Waals surface area contributed by atoms with Gasteiger partial charge >= 0.3 is 0 Å². The Bertz CT molecular complexity index is 447. The second-order valence-electron chi connectivity index (χ2n) is 4.54. The Morgan fingerprint density at radius 2 is 2.33 bits per heavy atom. The summed E-state index contributed by atoms with van der Waals surface area (Å²) >= 11 is 2.00. The van der Waals surface area contributed by atoms with Crippen LogP contribution in [0.3, 0.4) is 0 Å². The van der Waals surface area contributed by atoms with Crippen LogP contribution in [0.4, 0.5) is 4.39 Å². The average Bonchev–Trinajstić information content (AvgIpc) is 2.38. The number of nitrogens with zero attached hydrogens (tertiary/aromatic N) is 1. The smallest absolute Gasteiger partial charge is 0.254 e. The monoisotopic (exact) mass is 362 g/mol. The number of rotatable bonds is 2. The summed E-state index contributed by atoms with van der Waals surface area (Å²) in [4.78, 5) is 14.1. The van der Waals surface area contributed by atoms with Crippen LogP contribution in [-0.4, -0.2) is 37.0 Å². The Morgan fingerprint density at radius 3 is 2.94 bits per heavy atom. The average molecular weight is 362 g/mol. The zero-order valence-corrected chi connectivity index (χ0v) is 12.4. The number of benzene rings is 1. The van der Waals surface area contributed by atoms with Crippen LogP contribution in [0.25, 0.3) is 0 Å². The van der Waals surface area contributed by atoms with Gasteiger partial charge in [0.2, 0.25) is 0 Å². The van der Waals surface area contributed by atoms with E-state index in [0.717, 1.165) is 25.9 Å². The lowest BCUT2D eigenvalue weighted by atomic mass is 10.1. The van der Waals surface area contributed by atoms with E-state index in [-0.39, 0.29) is 17.8 Å². The lowest BCUT2D eigenvalue weighted by molar-refractivity contribution is 0.0707. The normalized spacial score (nSPS) is 19.6. The molecule has 1 unspecified atom stereocenters. The first-order valence-corrected chi connectivity index (χ1v) is 7.10. The molecule has 1 heterocycles. The van der Waals surface area contributed by atoms with Gasteiger partial charge in [-0.05, 0) is 60.2 Å². The molecule has 0 aromatic heterocycles. The predicted molar refractivity (Wildman–Crippen MR) is 77.1 cm³/mol. The third kappa shape index (κ3) is 3.00. The molecule has 1 amide bonds. The second-order valence-corrected chi connectivity index (χ2v) is 5.70. The number of hydrogen-bond acceptors (Lipinski definition) is 2. The van der Waals surface area contributed by atoms with E-state index < -0.39 is 0 Å². The fraction of sp³-hybridized carbons (Fsp3) is 0.462. The van der Waals surface area contributed by atoms with Crippen molar-refractivity contribution in [2.24, 2.45) is 0 Å². The molecule has 1 fully saturated rings. The molecule has 98 valence electrons. The van der Waals surface area contributed by atoms with E-state index in [1.165, 1.54) is 12.1 Å². The summed E-state index contributed by atoms with van der Waals surface area (Å²) in [5.41, 5.74) is 0.574. The molecule has 1 saturated heterocycles. The molecule has 1 N–H and O–H groups in total. The lowest BCUT2D eigenvalue weighted by Crippen LogP contribution is -2.46. The van der Waals surface area contributed by atoms with Gasteiger partial charge < -0.3 is 10.2 Å². The first-order valence-electron chi connectivity index (χ1n) is 6.02. The standard InChI is InChI=1S/C13H16FIN2O/c1-17(10-3-2-6-16-8-10)13(18)11-5-4-9(14)7-12(11)15/h4-5,7,10,16H,2-3,6,8H2,1H3. The van der Waals surface area contributed by atoms with Gasteiger partial charge in [0.05, 0.1) is 5.56 Å². The highest BCUT2D eigenvalue weighted by Gasteiger charge is 2.24. The van der Waals surface area contributed by atoms with Crippen LogP contribution < -0.4 is 5.32 Å². The Hall–Kier alpha value is -0.690. The van der Waals surface area contributed by atoms with Crippen LogP contribution in [0.15, 0.2) is 18.2 Å². The summed E-state index contributed by atoms with van der Waals surface area (Å²) in [5, 5.41) is 3.29. The molecule has 3 nitrogen and oxygen atoms in total. The number of carbonyl (C=O) groups excluding carboxylic acids is 1. The van der Waals surface area contributed by atoms with E-state index in [1.807, 2.05) is 29.6 Å². The van der Waals surface area contributed by atoms with Crippen molar-refractivity contribution in [2.75, 3.05) is 20.1 Å². The van der Waals surface area contributed by atoms with Crippen molar-refractivity contribution in [2.45, 2.75) is 18.9 Å². The van der Waals surface area contributed by atoms with E-state index in [4.69, 9.17) is 0 Å². The first-order chi connectivity index (χ1) is 8.59. The van der Waals surface area contributed by atoms with Gasteiger partial charge in [-0.1, -0.05) is 0 Å². The molecule has 0 spiro atoms. The summed E-state index contributed by atoms with van der Waals surface area (Å²) in [6.07, 6.45) is 2.11. The van der Waals surface area contributed by atoms with Crippen molar-refractivity contribution in [3.63, 3.8) is 0 Å². The van der Waals surface area contributed by atoms with E-state index in [2.05, 4.69) is 5.32 Å². The molecule has 1 atom stereocenters. The van der Waals surface area contributed by atoms with Crippen molar-refractivity contribution < 1.29 is 9.18 Å². The molecule has 2 rings (SSSR count). The fourth-order valence-electron chi connectivity index (χ4n) is 2.18. The molecule has 1 aromatic carbocycles. The molecule has 1 aromatic rings. The predicted octanol–water partition coefficient (Wildman–Crippen LogP) is 2.25. The maximum absolute atomic E-state index is 13.0. The Labute approximate surface area is 120 Å². The fourth-order valence-corrected chi connectivity index (χ4v) is 2.89. The molecular weight excluding hydrogens is 346 g/mol. The minimum absolute atomic E-state index is 0.0342. The molecule has 0 aliphatic carbocycles. The number of hydrogen-bond donors (Lipinski definition) is 1. The molecule has 1 aliphatic rings. The van der Waals surface area contributed by atoms with Crippen LogP contribution in [0.1, 0.15) is 23.2 Å². The maximum Gasteiger partial charge on any atom is 0.254 e. The quantitative estimate of drug-likeness (QED) is 0.819. The zero-order valence-electron chi connectivity index (χ0n) is 10.2. The Morgan fingerprint density at radius 1 is 1.56 bits per heavy atom. The SMILES string of the molecule is CN(C(=O)c1ccc(F)cc1I)C1CCCNC1. The van der Waals surface area contributed by atoms with Gasteiger partial charge in [-0.25, -0.2) is 4.39 Å². The van der Waals surface area contributed by atoms with E-state index in [0.29, 0.717) is 9.13 Å². The van der Waals surface area contributed by atoms with Gasteiger partial charge in [-0.2, -0.15) is 0 Å². The lowest BCUT2D eigenvalue weighted by Gasteiger charge is -2.32. The molecule has 1 aliphatic heterocycles. The van der Waals surface area contributed by atoms with Crippen LogP contribution in [0.5, 0.6) is 0 Å². The van der Waals surface area contributed by atoms with Crippen LogP contribution in [0, 0.1) is 9.39 Å². The number of nitrogens with one attached hydrogen (secondary N) is 1. The number of piperidine rings is 1. The molecule has 18 heavy (non-hydrogen) atoms. The summed E-state index contributed by atoms with van der Waals surface area (Å²) in [5.74, 6) is -0.342. The third-order valence-corrected chi connectivity index (χ3v) is 4.19. The summed E-state index contributed by atoms with van der Waals surface area (Å²) < 4.78 is 13.7. The van der Waals surface area contributed by atoms with Gasteiger partial charge in [-0.3, -0.25) is 4.79 Å². The van der Waals surface area contributed by atoms with E-state index in [9.17, 15) is 9.18 Å². The number of likely N-dealkylation sites (N-methyl/N-ethyl adjacent to an activating group) is 1.